The lowest BCUT2D eigenvalue weighted by Gasteiger charge is -2.32. The summed E-state index contributed by atoms with van der Waals surface area (Å²) in [5.74, 6) is -5.06. The lowest BCUT2D eigenvalue weighted by Crippen LogP contribution is -2.34. The van der Waals surface area contributed by atoms with Gasteiger partial charge in [0.2, 0.25) is 0 Å². The van der Waals surface area contributed by atoms with Gasteiger partial charge >= 0.3 is 24.3 Å². The molecule has 4 heterocycles. The highest BCUT2D eigenvalue weighted by Crippen LogP contribution is 2.30. The number of alkyl halides is 6. The van der Waals surface area contributed by atoms with Gasteiger partial charge in [0.05, 0.1) is 0 Å². The third-order valence-corrected chi connectivity index (χ3v) is 7.59. The van der Waals surface area contributed by atoms with Crippen LogP contribution in [-0.4, -0.2) is 116 Å². The number of halogens is 6. The molecule has 17 heteroatoms. The van der Waals surface area contributed by atoms with Crippen LogP contribution in [0.15, 0.2) is 48.9 Å². The molecule has 2 aliphatic rings. The SMILES string of the molecule is CN(C)C1CCN(C(=O)c2ncn3c(C4CCN(Cc5ccccc5)CC4)ccnc23)C1.O=C(O)C(F)(F)F.O=C(O)C(F)(F)F. The van der Waals surface area contributed by atoms with E-state index in [1.54, 1.807) is 6.33 Å². The highest BCUT2D eigenvalue weighted by atomic mass is 19.4. The van der Waals surface area contributed by atoms with Crippen molar-refractivity contribution in [3.63, 3.8) is 0 Å². The number of likely N-dealkylation sites (tertiary alicyclic amines) is 2. The summed E-state index contributed by atoms with van der Waals surface area (Å²) in [6, 6.07) is 13.2. The molecule has 5 rings (SSSR count). The fourth-order valence-electron chi connectivity index (χ4n) is 5.13. The molecule has 0 spiro atoms. The summed E-state index contributed by atoms with van der Waals surface area (Å²) in [4.78, 5) is 46.7. The first-order valence-corrected chi connectivity index (χ1v) is 14.1. The number of carbonyl (C=O) groups is 3. The van der Waals surface area contributed by atoms with Crippen LogP contribution >= 0.6 is 0 Å². The van der Waals surface area contributed by atoms with Crippen molar-refractivity contribution >= 4 is 23.5 Å². The number of hydrogen-bond donors (Lipinski definition) is 2. The second kappa shape index (κ2) is 15.4. The summed E-state index contributed by atoms with van der Waals surface area (Å²) >= 11 is 0. The number of carboxylic acid groups (broad SMARTS) is 2. The fourth-order valence-corrected chi connectivity index (χ4v) is 5.13. The van der Waals surface area contributed by atoms with Gasteiger partial charge in [-0.2, -0.15) is 26.3 Å². The molecule has 1 amide bonds. The topological polar surface area (TPSA) is 132 Å². The Labute approximate surface area is 260 Å². The standard InChI is InChI=1S/C25H32N6O.2C2HF3O2/c1-28(2)21-11-15-30(17-21)25(32)23-24-26-12-8-22(31(24)18-27-23)20-9-13-29(14-10-20)16-19-6-4-3-5-7-19;2*3-2(4,5)1(6)7/h3-8,12,18,20-21H,9-11,13-17H2,1-2H3;2*(H,6,7). The normalized spacial score (nSPS) is 17.7. The van der Waals surface area contributed by atoms with Crippen LogP contribution in [0.25, 0.3) is 5.65 Å². The number of aliphatic carboxylic acids is 2. The quantitative estimate of drug-likeness (QED) is 0.388. The number of rotatable bonds is 5. The molecule has 252 valence electrons. The van der Waals surface area contributed by atoms with Gasteiger partial charge in [0.1, 0.15) is 6.33 Å². The molecular formula is C29H34F6N6O5. The highest BCUT2D eigenvalue weighted by Gasteiger charge is 2.39. The molecule has 2 aliphatic heterocycles. The number of amides is 1. The Morgan fingerprint density at radius 1 is 0.870 bits per heavy atom. The minimum Gasteiger partial charge on any atom is -0.475 e. The Morgan fingerprint density at radius 3 is 1.93 bits per heavy atom. The van der Waals surface area contributed by atoms with Crippen molar-refractivity contribution in [1.29, 1.82) is 0 Å². The molecule has 0 radical (unpaired) electrons. The first-order valence-electron chi connectivity index (χ1n) is 14.1. The smallest absolute Gasteiger partial charge is 0.475 e. The van der Waals surface area contributed by atoms with Crippen LogP contribution in [0.5, 0.6) is 0 Å². The zero-order valence-corrected chi connectivity index (χ0v) is 25.0. The Balaban J connectivity index is 0.000000345. The van der Waals surface area contributed by atoms with E-state index in [0.29, 0.717) is 23.3 Å². The number of benzene rings is 1. The van der Waals surface area contributed by atoms with Crippen LogP contribution in [0.4, 0.5) is 26.3 Å². The number of fused-ring (bicyclic) bond motifs is 1. The molecule has 2 N–H and O–H groups in total. The Kier molecular flexibility index (Phi) is 12.1. The molecule has 2 saturated heterocycles. The highest BCUT2D eigenvalue weighted by molar-refractivity contribution is 5.98. The summed E-state index contributed by atoms with van der Waals surface area (Å²) < 4.78 is 65.5. The summed E-state index contributed by atoms with van der Waals surface area (Å²) in [7, 11) is 4.15. The van der Waals surface area contributed by atoms with Crippen molar-refractivity contribution in [1.82, 2.24) is 29.1 Å². The van der Waals surface area contributed by atoms with Gasteiger partial charge in [-0.15, -0.1) is 0 Å². The summed E-state index contributed by atoms with van der Waals surface area (Å²) in [6.07, 6.45) is -3.33. The van der Waals surface area contributed by atoms with Gasteiger partial charge in [0.25, 0.3) is 5.91 Å². The molecule has 0 bridgehead atoms. The lowest BCUT2D eigenvalue weighted by atomic mass is 9.93. The van der Waals surface area contributed by atoms with Gasteiger partial charge in [0.15, 0.2) is 11.3 Å². The summed E-state index contributed by atoms with van der Waals surface area (Å²) in [5.41, 5.74) is 3.75. The van der Waals surface area contributed by atoms with Crippen molar-refractivity contribution in [2.75, 3.05) is 40.3 Å². The fraction of sp³-hybridized carbons (Fsp3) is 0.483. The number of piperidine rings is 1. The molecule has 0 saturated carbocycles. The summed E-state index contributed by atoms with van der Waals surface area (Å²) in [5, 5.41) is 14.2. The van der Waals surface area contributed by atoms with E-state index in [2.05, 4.69) is 70.3 Å². The molecule has 2 fully saturated rings. The molecule has 11 nitrogen and oxygen atoms in total. The van der Waals surface area contributed by atoms with Crippen LogP contribution in [0.2, 0.25) is 0 Å². The molecule has 46 heavy (non-hydrogen) atoms. The van der Waals surface area contributed by atoms with Crippen LogP contribution in [0.1, 0.15) is 46.9 Å². The zero-order valence-electron chi connectivity index (χ0n) is 25.0. The molecular weight excluding hydrogens is 626 g/mol. The maximum atomic E-state index is 13.2. The van der Waals surface area contributed by atoms with Crippen LogP contribution in [0.3, 0.4) is 0 Å². The van der Waals surface area contributed by atoms with Crippen LogP contribution in [0, 0.1) is 0 Å². The van der Waals surface area contributed by atoms with E-state index in [1.165, 1.54) is 11.3 Å². The number of likely N-dealkylation sites (N-methyl/N-ethyl adjacent to an activating group) is 1. The zero-order chi connectivity index (χ0) is 34.2. The molecule has 3 aromatic rings. The molecule has 1 atom stereocenters. The minimum absolute atomic E-state index is 0.000759. The second-order valence-electron chi connectivity index (χ2n) is 11.0. The van der Waals surface area contributed by atoms with Gasteiger partial charge in [0, 0.05) is 43.5 Å². The number of aromatic nitrogens is 3. The maximum absolute atomic E-state index is 13.2. The van der Waals surface area contributed by atoms with E-state index in [9.17, 15) is 31.1 Å². The van der Waals surface area contributed by atoms with E-state index in [4.69, 9.17) is 19.8 Å². The van der Waals surface area contributed by atoms with E-state index in [-0.39, 0.29) is 5.91 Å². The van der Waals surface area contributed by atoms with Gasteiger partial charge in [-0.1, -0.05) is 30.3 Å². The van der Waals surface area contributed by atoms with Crippen LogP contribution < -0.4 is 0 Å². The predicted octanol–water partition coefficient (Wildman–Crippen LogP) is 4.15. The van der Waals surface area contributed by atoms with Gasteiger partial charge in [-0.05, 0) is 58.1 Å². The third-order valence-electron chi connectivity index (χ3n) is 7.59. The van der Waals surface area contributed by atoms with E-state index < -0.39 is 24.3 Å². The van der Waals surface area contributed by atoms with E-state index in [0.717, 1.165) is 52.0 Å². The van der Waals surface area contributed by atoms with E-state index >= 15 is 0 Å². The Hall–Kier alpha value is -4.25. The van der Waals surface area contributed by atoms with Gasteiger partial charge in [-0.25, -0.2) is 19.6 Å². The average molecular weight is 661 g/mol. The number of hydrogen-bond acceptors (Lipinski definition) is 7. The Bertz CT molecular complexity index is 1450. The second-order valence-corrected chi connectivity index (χ2v) is 11.0. The van der Waals surface area contributed by atoms with Crippen molar-refractivity contribution in [2.24, 2.45) is 0 Å². The first-order chi connectivity index (χ1) is 21.5. The van der Waals surface area contributed by atoms with Crippen molar-refractivity contribution < 1.29 is 50.9 Å². The van der Waals surface area contributed by atoms with Crippen molar-refractivity contribution in [3.8, 4) is 0 Å². The number of imidazole rings is 1. The lowest BCUT2D eigenvalue weighted by molar-refractivity contribution is -0.193. The van der Waals surface area contributed by atoms with Crippen molar-refractivity contribution in [2.45, 2.75) is 50.1 Å². The number of carboxylic acids is 2. The maximum Gasteiger partial charge on any atom is 0.490 e. The average Bonchev–Trinajstić information content (AvgIpc) is 3.66. The summed E-state index contributed by atoms with van der Waals surface area (Å²) in [6.45, 7) is 4.69. The molecule has 2 aromatic heterocycles. The van der Waals surface area contributed by atoms with E-state index in [1.807, 2.05) is 15.5 Å². The Morgan fingerprint density at radius 2 is 1.43 bits per heavy atom. The largest absolute Gasteiger partial charge is 0.490 e. The van der Waals surface area contributed by atoms with Crippen LogP contribution in [-0.2, 0) is 16.1 Å². The first kappa shape index (κ1) is 36.2. The number of carbonyl (C=O) groups excluding carboxylic acids is 1. The van der Waals surface area contributed by atoms with Gasteiger partial charge in [-0.3, -0.25) is 14.1 Å². The monoisotopic (exact) mass is 660 g/mol. The van der Waals surface area contributed by atoms with Gasteiger partial charge < -0.3 is 20.0 Å². The molecule has 0 aliphatic carbocycles. The molecule has 1 unspecified atom stereocenters. The number of nitrogens with zero attached hydrogens (tertiary/aromatic N) is 6. The van der Waals surface area contributed by atoms with Crippen molar-refractivity contribution in [3.05, 3.63) is 65.9 Å². The minimum atomic E-state index is -5.08. The molecule has 1 aromatic carbocycles. The third kappa shape index (κ3) is 9.87. The predicted molar refractivity (Wildman–Crippen MR) is 152 cm³/mol.